The summed E-state index contributed by atoms with van der Waals surface area (Å²) in [7, 11) is 0. The molecular formula is C15H9Cl2F3O. The predicted molar refractivity (Wildman–Crippen MR) is 74.7 cm³/mol. The van der Waals surface area contributed by atoms with E-state index < -0.39 is 22.8 Å². The molecule has 0 bridgehead atoms. The minimum atomic E-state index is -1.52. The van der Waals surface area contributed by atoms with Crippen LogP contribution >= 0.6 is 23.2 Å². The fraction of sp³-hybridized carbons (Fsp3) is 0.200. The smallest absolute Gasteiger partial charge is 0.194 e. The number of alkyl halides is 1. The molecule has 1 unspecified atom stereocenters. The largest absolute Gasteiger partial charge is 0.493 e. The minimum absolute atomic E-state index is 0.105. The SMILES string of the molecule is Fc1cc(C(Cl)c2cc(Cl)cc3c2OCC3)cc(F)c1F. The molecule has 6 heteroatoms. The zero-order valence-electron chi connectivity index (χ0n) is 10.6. The molecule has 0 saturated heterocycles. The topological polar surface area (TPSA) is 9.23 Å². The normalized spacial score (nSPS) is 14.7. The van der Waals surface area contributed by atoms with Crippen LogP contribution in [-0.2, 0) is 6.42 Å². The third-order valence-corrected chi connectivity index (χ3v) is 4.05. The third kappa shape index (κ3) is 2.58. The Morgan fingerprint density at radius 2 is 1.71 bits per heavy atom. The average molecular weight is 333 g/mol. The monoisotopic (exact) mass is 332 g/mol. The highest BCUT2D eigenvalue weighted by molar-refractivity contribution is 6.31. The van der Waals surface area contributed by atoms with Gasteiger partial charge in [-0.3, -0.25) is 0 Å². The van der Waals surface area contributed by atoms with Gasteiger partial charge in [-0.25, -0.2) is 13.2 Å². The Morgan fingerprint density at radius 3 is 2.38 bits per heavy atom. The maximum atomic E-state index is 13.3. The molecule has 2 aromatic carbocycles. The molecule has 0 N–H and O–H groups in total. The van der Waals surface area contributed by atoms with Crippen molar-refractivity contribution in [3.05, 3.63) is 63.4 Å². The van der Waals surface area contributed by atoms with Crippen molar-refractivity contribution in [2.45, 2.75) is 11.8 Å². The van der Waals surface area contributed by atoms with Crippen molar-refractivity contribution >= 4 is 23.2 Å². The number of hydrogen-bond acceptors (Lipinski definition) is 1. The first-order valence-corrected chi connectivity index (χ1v) is 7.02. The number of hydrogen-bond donors (Lipinski definition) is 0. The molecule has 1 atom stereocenters. The van der Waals surface area contributed by atoms with Gasteiger partial charge in [-0.15, -0.1) is 11.6 Å². The quantitative estimate of drug-likeness (QED) is 0.554. The molecule has 0 amide bonds. The van der Waals surface area contributed by atoms with Crippen molar-refractivity contribution in [3.63, 3.8) is 0 Å². The molecule has 0 fully saturated rings. The fourth-order valence-electron chi connectivity index (χ4n) is 2.39. The average Bonchev–Trinajstić information content (AvgIpc) is 2.90. The van der Waals surface area contributed by atoms with Crippen molar-refractivity contribution in [2.75, 3.05) is 6.61 Å². The van der Waals surface area contributed by atoms with Crippen molar-refractivity contribution in [1.82, 2.24) is 0 Å². The van der Waals surface area contributed by atoms with Gasteiger partial charge in [0.05, 0.1) is 12.0 Å². The Morgan fingerprint density at radius 1 is 1.05 bits per heavy atom. The molecule has 2 aromatic rings. The van der Waals surface area contributed by atoms with E-state index in [4.69, 9.17) is 27.9 Å². The highest BCUT2D eigenvalue weighted by Crippen LogP contribution is 2.41. The number of rotatable bonds is 2. The standard InChI is InChI=1S/C15H9Cl2F3O/c16-9-3-7-1-2-21-15(7)10(6-9)13(17)8-4-11(18)14(20)12(19)5-8/h3-6,13H,1-2H2. The van der Waals surface area contributed by atoms with E-state index in [9.17, 15) is 13.2 Å². The molecule has 0 radical (unpaired) electrons. The molecule has 0 aromatic heterocycles. The number of ether oxygens (including phenoxy) is 1. The van der Waals surface area contributed by atoms with Crippen LogP contribution in [0, 0.1) is 17.5 Å². The molecule has 110 valence electrons. The van der Waals surface area contributed by atoms with Crippen molar-refractivity contribution in [2.24, 2.45) is 0 Å². The van der Waals surface area contributed by atoms with Gasteiger partial charge in [-0.05, 0) is 35.4 Å². The molecule has 21 heavy (non-hydrogen) atoms. The van der Waals surface area contributed by atoms with Crippen LogP contribution in [-0.4, -0.2) is 6.61 Å². The van der Waals surface area contributed by atoms with Crippen LogP contribution in [0.25, 0.3) is 0 Å². The summed E-state index contributed by atoms with van der Waals surface area (Å²) in [6, 6.07) is 5.10. The van der Waals surface area contributed by atoms with E-state index in [1.807, 2.05) is 0 Å². The summed E-state index contributed by atoms with van der Waals surface area (Å²) < 4.78 is 45.2. The van der Waals surface area contributed by atoms with Gasteiger partial charge < -0.3 is 4.74 Å². The molecule has 0 aliphatic carbocycles. The van der Waals surface area contributed by atoms with E-state index in [1.54, 1.807) is 12.1 Å². The Kier molecular flexibility index (Phi) is 3.76. The number of halogens is 5. The van der Waals surface area contributed by atoms with E-state index in [0.717, 1.165) is 17.7 Å². The van der Waals surface area contributed by atoms with E-state index in [-0.39, 0.29) is 5.56 Å². The number of benzene rings is 2. The lowest BCUT2D eigenvalue weighted by Gasteiger charge is -2.15. The van der Waals surface area contributed by atoms with Crippen LogP contribution < -0.4 is 4.74 Å². The Hall–Kier alpha value is -1.39. The molecule has 0 saturated carbocycles. The molecule has 1 nitrogen and oxygen atoms in total. The van der Waals surface area contributed by atoms with Gasteiger partial charge in [0.2, 0.25) is 0 Å². The van der Waals surface area contributed by atoms with Crippen molar-refractivity contribution < 1.29 is 17.9 Å². The van der Waals surface area contributed by atoms with Gasteiger partial charge in [0.1, 0.15) is 5.75 Å². The van der Waals surface area contributed by atoms with Crippen LogP contribution in [0.4, 0.5) is 13.2 Å². The van der Waals surface area contributed by atoms with Gasteiger partial charge in [-0.1, -0.05) is 11.6 Å². The van der Waals surface area contributed by atoms with E-state index >= 15 is 0 Å². The third-order valence-electron chi connectivity index (χ3n) is 3.35. The summed E-state index contributed by atoms with van der Waals surface area (Å²) in [6.07, 6.45) is 0.693. The van der Waals surface area contributed by atoms with Gasteiger partial charge in [0.25, 0.3) is 0 Å². The van der Waals surface area contributed by atoms with E-state index in [1.165, 1.54) is 0 Å². The molecule has 0 spiro atoms. The molecule has 1 aliphatic rings. The van der Waals surface area contributed by atoms with Gasteiger partial charge in [0.15, 0.2) is 17.5 Å². The van der Waals surface area contributed by atoms with Crippen LogP contribution in [0.5, 0.6) is 5.75 Å². The zero-order chi connectivity index (χ0) is 15.1. The maximum Gasteiger partial charge on any atom is 0.194 e. The van der Waals surface area contributed by atoms with Crippen molar-refractivity contribution in [1.29, 1.82) is 0 Å². The summed E-state index contributed by atoms with van der Waals surface area (Å²) in [6.45, 7) is 0.498. The van der Waals surface area contributed by atoms with Crippen LogP contribution in [0.1, 0.15) is 22.1 Å². The van der Waals surface area contributed by atoms with E-state index in [2.05, 4.69) is 0 Å². The first-order chi connectivity index (χ1) is 9.97. The van der Waals surface area contributed by atoms with Gasteiger partial charge in [-0.2, -0.15) is 0 Å². The summed E-state index contributed by atoms with van der Waals surface area (Å²) >= 11 is 12.3. The Balaban J connectivity index is 2.09. The maximum absolute atomic E-state index is 13.3. The molecular weight excluding hydrogens is 324 g/mol. The molecule has 1 heterocycles. The fourth-order valence-corrected chi connectivity index (χ4v) is 2.92. The Labute approximate surface area is 129 Å². The first kappa shape index (κ1) is 14.5. The van der Waals surface area contributed by atoms with Gasteiger partial charge in [0, 0.05) is 17.0 Å². The molecule has 1 aliphatic heterocycles. The second-order valence-electron chi connectivity index (χ2n) is 4.74. The summed E-state index contributed by atoms with van der Waals surface area (Å²) in [5.41, 5.74) is 1.52. The summed E-state index contributed by atoms with van der Waals surface area (Å²) in [5.74, 6) is -3.51. The van der Waals surface area contributed by atoms with E-state index in [0.29, 0.717) is 29.4 Å². The second-order valence-corrected chi connectivity index (χ2v) is 5.62. The first-order valence-electron chi connectivity index (χ1n) is 6.21. The second kappa shape index (κ2) is 5.43. The van der Waals surface area contributed by atoms with Crippen LogP contribution in [0.15, 0.2) is 24.3 Å². The Bertz CT molecular complexity index is 695. The lowest BCUT2D eigenvalue weighted by atomic mass is 10.00. The van der Waals surface area contributed by atoms with Crippen LogP contribution in [0.3, 0.4) is 0 Å². The molecule has 3 rings (SSSR count). The lowest BCUT2D eigenvalue weighted by molar-refractivity contribution is 0.353. The van der Waals surface area contributed by atoms with Crippen molar-refractivity contribution in [3.8, 4) is 5.75 Å². The highest BCUT2D eigenvalue weighted by Gasteiger charge is 2.25. The highest BCUT2D eigenvalue weighted by atomic mass is 35.5. The summed E-state index contributed by atoms with van der Waals surface area (Å²) in [5, 5.41) is -0.428. The minimum Gasteiger partial charge on any atom is -0.493 e. The van der Waals surface area contributed by atoms with Crippen LogP contribution in [0.2, 0.25) is 5.02 Å². The lowest BCUT2D eigenvalue weighted by Crippen LogP contribution is -2.01. The predicted octanol–water partition coefficient (Wildman–Crippen LogP) is 5.02. The number of fused-ring (bicyclic) bond motifs is 1. The zero-order valence-corrected chi connectivity index (χ0v) is 12.1. The van der Waals surface area contributed by atoms with Gasteiger partial charge >= 0.3 is 0 Å². The summed E-state index contributed by atoms with van der Waals surface area (Å²) in [4.78, 5) is 0.